The number of nitrogens with zero attached hydrogens (tertiary/aromatic N) is 2. The zero-order chi connectivity index (χ0) is 13.0. The second kappa shape index (κ2) is 8.08. The predicted octanol–water partition coefficient (Wildman–Crippen LogP) is 1.35. The molecule has 0 aromatic rings. The Morgan fingerprint density at radius 1 is 1.21 bits per heavy atom. The third kappa shape index (κ3) is 4.93. The summed E-state index contributed by atoms with van der Waals surface area (Å²) in [6.07, 6.45) is 4.78. The molecular weight excluding hydrogens is 262 g/mol. The number of likely N-dealkylation sites (tertiary alicyclic amines) is 2. The molecule has 2 saturated heterocycles. The second-order valence-corrected chi connectivity index (χ2v) is 5.93. The van der Waals surface area contributed by atoms with Crippen molar-refractivity contribution in [2.75, 3.05) is 39.8 Å². The van der Waals surface area contributed by atoms with E-state index in [0.717, 1.165) is 26.2 Å². The van der Waals surface area contributed by atoms with Gasteiger partial charge in [-0.2, -0.15) is 0 Å². The van der Waals surface area contributed by atoms with Gasteiger partial charge in [0.2, 0.25) is 5.91 Å². The van der Waals surface area contributed by atoms with E-state index in [1.54, 1.807) is 0 Å². The zero-order valence-electron chi connectivity index (χ0n) is 12.2. The lowest BCUT2D eigenvalue weighted by Crippen LogP contribution is -2.48. The Balaban J connectivity index is 0.00000180. The summed E-state index contributed by atoms with van der Waals surface area (Å²) in [6.45, 7) is 6.92. The largest absolute Gasteiger partial charge is 0.341 e. The van der Waals surface area contributed by atoms with E-state index in [0.29, 0.717) is 24.4 Å². The van der Waals surface area contributed by atoms with Gasteiger partial charge in [0, 0.05) is 32.2 Å². The average Bonchev–Trinajstić information content (AvgIpc) is 2.39. The molecule has 0 aromatic carbocycles. The Morgan fingerprint density at radius 3 is 2.47 bits per heavy atom. The molecule has 0 bridgehead atoms. The molecule has 0 aliphatic carbocycles. The minimum absolute atomic E-state index is 0. The lowest BCUT2D eigenvalue weighted by Gasteiger charge is -2.35. The molecule has 2 rings (SSSR count). The fraction of sp³-hybridized carbons (Fsp3) is 0.929. The summed E-state index contributed by atoms with van der Waals surface area (Å²) in [7, 11) is 2.03. The Kier molecular flexibility index (Phi) is 7.11. The van der Waals surface area contributed by atoms with E-state index >= 15 is 0 Å². The van der Waals surface area contributed by atoms with Crippen molar-refractivity contribution in [2.24, 2.45) is 5.92 Å². The third-order valence-corrected chi connectivity index (χ3v) is 4.36. The molecule has 2 aliphatic rings. The maximum atomic E-state index is 12.2. The number of piperidine rings is 2. The van der Waals surface area contributed by atoms with Crippen molar-refractivity contribution in [1.29, 1.82) is 0 Å². The van der Waals surface area contributed by atoms with Crippen LogP contribution in [0.2, 0.25) is 0 Å². The molecule has 19 heavy (non-hydrogen) atoms. The first-order valence-corrected chi connectivity index (χ1v) is 7.36. The standard InChI is InChI=1S/C14H27N3O.ClH/c1-12-4-3-7-17(10-12)14(18)11-16-8-5-13(15-2)6-9-16;/h12-13,15H,3-11H2,1-2H3;1H. The van der Waals surface area contributed by atoms with E-state index in [1.807, 2.05) is 7.05 Å². The van der Waals surface area contributed by atoms with Crippen LogP contribution in [0.4, 0.5) is 0 Å². The van der Waals surface area contributed by atoms with Crippen LogP contribution in [-0.4, -0.2) is 61.5 Å². The molecular formula is C14H28ClN3O. The first-order chi connectivity index (χ1) is 8.69. The molecule has 1 atom stereocenters. The molecule has 4 nitrogen and oxygen atoms in total. The summed E-state index contributed by atoms with van der Waals surface area (Å²) in [4.78, 5) is 16.6. The number of hydrogen-bond donors (Lipinski definition) is 1. The molecule has 1 amide bonds. The number of carbonyl (C=O) groups is 1. The lowest BCUT2D eigenvalue weighted by atomic mass is 10.00. The molecule has 2 heterocycles. The van der Waals surface area contributed by atoms with Gasteiger partial charge in [-0.25, -0.2) is 0 Å². The summed E-state index contributed by atoms with van der Waals surface area (Å²) < 4.78 is 0. The molecule has 1 N–H and O–H groups in total. The van der Waals surface area contributed by atoms with E-state index in [1.165, 1.54) is 25.7 Å². The monoisotopic (exact) mass is 289 g/mol. The maximum Gasteiger partial charge on any atom is 0.236 e. The third-order valence-electron chi connectivity index (χ3n) is 4.36. The van der Waals surface area contributed by atoms with Crippen LogP contribution >= 0.6 is 12.4 Å². The predicted molar refractivity (Wildman–Crippen MR) is 80.7 cm³/mol. The Labute approximate surface area is 123 Å². The highest BCUT2D eigenvalue weighted by Gasteiger charge is 2.24. The highest BCUT2D eigenvalue weighted by Crippen LogP contribution is 2.16. The Morgan fingerprint density at radius 2 is 1.89 bits per heavy atom. The topological polar surface area (TPSA) is 35.6 Å². The van der Waals surface area contributed by atoms with Gasteiger partial charge in [-0.1, -0.05) is 6.92 Å². The molecule has 0 radical (unpaired) electrons. The first-order valence-electron chi connectivity index (χ1n) is 7.36. The quantitative estimate of drug-likeness (QED) is 0.852. The van der Waals surface area contributed by atoms with Crippen LogP contribution in [0, 0.1) is 5.92 Å². The maximum absolute atomic E-state index is 12.2. The molecule has 0 saturated carbocycles. The van der Waals surface area contributed by atoms with Crippen LogP contribution in [0.5, 0.6) is 0 Å². The SMILES string of the molecule is CNC1CCN(CC(=O)N2CCCC(C)C2)CC1.Cl. The van der Waals surface area contributed by atoms with Gasteiger partial charge >= 0.3 is 0 Å². The number of carbonyl (C=O) groups excluding carboxylic acids is 1. The number of rotatable bonds is 3. The molecule has 5 heteroatoms. The normalized spacial score (nSPS) is 26.0. The fourth-order valence-electron chi connectivity index (χ4n) is 3.09. The summed E-state index contributed by atoms with van der Waals surface area (Å²) >= 11 is 0. The van der Waals surface area contributed by atoms with E-state index in [4.69, 9.17) is 0 Å². The van der Waals surface area contributed by atoms with Gasteiger partial charge < -0.3 is 10.2 Å². The van der Waals surface area contributed by atoms with Crippen molar-refractivity contribution >= 4 is 18.3 Å². The van der Waals surface area contributed by atoms with Crippen LogP contribution in [0.1, 0.15) is 32.6 Å². The van der Waals surface area contributed by atoms with E-state index < -0.39 is 0 Å². The van der Waals surface area contributed by atoms with Crippen molar-refractivity contribution in [3.63, 3.8) is 0 Å². The van der Waals surface area contributed by atoms with Gasteiger partial charge in [-0.3, -0.25) is 9.69 Å². The van der Waals surface area contributed by atoms with E-state index in [9.17, 15) is 4.79 Å². The highest BCUT2D eigenvalue weighted by atomic mass is 35.5. The van der Waals surface area contributed by atoms with Gasteiger partial charge in [0.05, 0.1) is 6.54 Å². The van der Waals surface area contributed by atoms with Crippen LogP contribution in [0.3, 0.4) is 0 Å². The second-order valence-electron chi connectivity index (χ2n) is 5.93. The molecule has 1 unspecified atom stereocenters. The van der Waals surface area contributed by atoms with Crippen molar-refractivity contribution in [2.45, 2.75) is 38.6 Å². The van der Waals surface area contributed by atoms with Gasteiger partial charge in [0.1, 0.15) is 0 Å². The molecule has 2 aliphatic heterocycles. The zero-order valence-corrected chi connectivity index (χ0v) is 13.0. The first kappa shape index (κ1) is 16.7. The van der Waals surface area contributed by atoms with Crippen LogP contribution in [0.25, 0.3) is 0 Å². The smallest absolute Gasteiger partial charge is 0.236 e. The molecule has 0 spiro atoms. The molecule has 112 valence electrons. The Bertz CT molecular complexity index is 280. The number of amides is 1. The molecule has 2 fully saturated rings. The van der Waals surface area contributed by atoms with Crippen LogP contribution < -0.4 is 5.32 Å². The van der Waals surface area contributed by atoms with Crippen molar-refractivity contribution in [3.05, 3.63) is 0 Å². The summed E-state index contributed by atoms with van der Waals surface area (Å²) in [6, 6.07) is 0.645. The van der Waals surface area contributed by atoms with E-state index in [-0.39, 0.29) is 12.4 Å². The average molecular weight is 290 g/mol. The van der Waals surface area contributed by atoms with Crippen molar-refractivity contribution in [3.8, 4) is 0 Å². The number of hydrogen-bond acceptors (Lipinski definition) is 3. The van der Waals surface area contributed by atoms with Gasteiger partial charge in [0.25, 0.3) is 0 Å². The van der Waals surface area contributed by atoms with Crippen LogP contribution in [-0.2, 0) is 4.79 Å². The molecule has 0 aromatic heterocycles. The summed E-state index contributed by atoms with van der Waals surface area (Å²) in [5.74, 6) is 1.02. The number of nitrogens with one attached hydrogen (secondary N) is 1. The van der Waals surface area contributed by atoms with Crippen molar-refractivity contribution < 1.29 is 4.79 Å². The lowest BCUT2D eigenvalue weighted by molar-refractivity contribution is -0.134. The minimum Gasteiger partial charge on any atom is -0.341 e. The van der Waals surface area contributed by atoms with Gasteiger partial charge in [-0.15, -0.1) is 12.4 Å². The highest BCUT2D eigenvalue weighted by molar-refractivity contribution is 5.85. The minimum atomic E-state index is 0. The van der Waals surface area contributed by atoms with E-state index in [2.05, 4.69) is 22.0 Å². The van der Waals surface area contributed by atoms with Gasteiger partial charge in [-0.05, 0) is 38.6 Å². The summed E-state index contributed by atoms with van der Waals surface area (Å²) in [5.41, 5.74) is 0. The number of halogens is 1. The summed E-state index contributed by atoms with van der Waals surface area (Å²) in [5, 5.41) is 3.32. The Hall–Kier alpha value is -0.320. The van der Waals surface area contributed by atoms with Crippen molar-refractivity contribution in [1.82, 2.24) is 15.1 Å². The van der Waals surface area contributed by atoms with Crippen LogP contribution in [0.15, 0.2) is 0 Å². The fourth-order valence-corrected chi connectivity index (χ4v) is 3.09. The van der Waals surface area contributed by atoms with Gasteiger partial charge in [0.15, 0.2) is 0 Å².